The quantitative estimate of drug-likeness (QED) is 0.681. The van der Waals surface area contributed by atoms with Crippen LogP contribution in [0.25, 0.3) is 0 Å². The highest BCUT2D eigenvalue weighted by Gasteiger charge is 2.34. The predicted molar refractivity (Wildman–Crippen MR) is 117 cm³/mol. The largest absolute Gasteiger partial charge is 0.484 e. The number of benzene rings is 2. The molecule has 3 rings (SSSR count). The number of amides is 1. The van der Waals surface area contributed by atoms with Gasteiger partial charge in [0.1, 0.15) is 11.4 Å². The van der Waals surface area contributed by atoms with Gasteiger partial charge in [0.15, 0.2) is 0 Å². The van der Waals surface area contributed by atoms with Gasteiger partial charge in [0, 0.05) is 12.6 Å². The molecule has 1 N–H and O–H groups in total. The van der Waals surface area contributed by atoms with Gasteiger partial charge in [-0.05, 0) is 56.7 Å². The molecular formula is C22H26N2O6S. The SMILES string of the molecule is CCCOC(=O)c1cccc(NS(=O)(=O)c2ccc3c(c2)N(C(C)=O)CC(C)(C)O3)c1. The van der Waals surface area contributed by atoms with Gasteiger partial charge in [-0.3, -0.25) is 9.52 Å². The summed E-state index contributed by atoms with van der Waals surface area (Å²) in [6.45, 7) is 7.61. The minimum Gasteiger partial charge on any atom is -0.484 e. The van der Waals surface area contributed by atoms with E-state index in [1.54, 1.807) is 24.3 Å². The lowest BCUT2D eigenvalue weighted by Crippen LogP contribution is -2.48. The Balaban J connectivity index is 1.89. The molecule has 0 atom stereocenters. The molecule has 0 radical (unpaired) electrons. The summed E-state index contributed by atoms with van der Waals surface area (Å²) in [5.41, 5.74) is 0.276. The normalized spacial score (nSPS) is 14.9. The van der Waals surface area contributed by atoms with Crippen LogP contribution in [0.4, 0.5) is 11.4 Å². The number of ether oxygens (including phenoxy) is 2. The molecule has 1 aliphatic heterocycles. The van der Waals surface area contributed by atoms with Gasteiger partial charge in [-0.2, -0.15) is 0 Å². The van der Waals surface area contributed by atoms with E-state index in [4.69, 9.17) is 9.47 Å². The molecule has 0 unspecified atom stereocenters. The van der Waals surface area contributed by atoms with Crippen LogP contribution in [0, 0.1) is 0 Å². The van der Waals surface area contributed by atoms with Crippen molar-refractivity contribution in [3.63, 3.8) is 0 Å². The average molecular weight is 447 g/mol. The first kappa shape index (κ1) is 22.6. The van der Waals surface area contributed by atoms with E-state index in [1.165, 1.54) is 30.0 Å². The van der Waals surface area contributed by atoms with E-state index in [0.717, 1.165) is 0 Å². The van der Waals surface area contributed by atoms with E-state index in [9.17, 15) is 18.0 Å². The Kier molecular flexibility index (Phi) is 6.26. The zero-order chi connectivity index (χ0) is 22.8. The third kappa shape index (κ3) is 5.16. The van der Waals surface area contributed by atoms with Crippen LogP contribution in [-0.2, 0) is 19.6 Å². The Morgan fingerprint density at radius 1 is 1.19 bits per heavy atom. The van der Waals surface area contributed by atoms with Crippen molar-refractivity contribution in [2.45, 2.75) is 44.6 Å². The van der Waals surface area contributed by atoms with Gasteiger partial charge in [-0.15, -0.1) is 0 Å². The Morgan fingerprint density at radius 3 is 2.61 bits per heavy atom. The van der Waals surface area contributed by atoms with Crippen LogP contribution in [0.3, 0.4) is 0 Å². The zero-order valence-electron chi connectivity index (χ0n) is 18.0. The maximum absolute atomic E-state index is 13.0. The van der Waals surface area contributed by atoms with Crippen LogP contribution >= 0.6 is 0 Å². The van der Waals surface area contributed by atoms with Gasteiger partial charge in [0.25, 0.3) is 10.0 Å². The summed E-state index contributed by atoms with van der Waals surface area (Å²) < 4.78 is 39.4. The summed E-state index contributed by atoms with van der Waals surface area (Å²) in [5.74, 6) is -0.293. The number of nitrogens with one attached hydrogen (secondary N) is 1. The van der Waals surface area contributed by atoms with Gasteiger partial charge in [0.2, 0.25) is 5.91 Å². The highest BCUT2D eigenvalue weighted by molar-refractivity contribution is 7.92. The van der Waals surface area contributed by atoms with E-state index < -0.39 is 21.6 Å². The Hall–Kier alpha value is -3.07. The van der Waals surface area contributed by atoms with Crippen LogP contribution in [0.5, 0.6) is 5.75 Å². The number of fused-ring (bicyclic) bond motifs is 1. The molecule has 1 amide bonds. The third-order valence-electron chi connectivity index (χ3n) is 4.62. The van der Waals surface area contributed by atoms with Crippen molar-refractivity contribution in [3.05, 3.63) is 48.0 Å². The number of carbonyl (C=O) groups is 2. The van der Waals surface area contributed by atoms with E-state index in [2.05, 4.69) is 4.72 Å². The van der Waals surface area contributed by atoms with Crippen molar-refractivity contribution in [1.82, 2.24) is 0 Å². The number of sulfonamides is 1. The summed E-state index contributed by atoms with van der Waals surface area (Å²) in [6.07, 6.45) is 0.689. The number of esters is 1. The molecule has 8 nitrogen and oxygen atoms in total. The molecule has 0 aliphatic carbocycles. The lowest BCUT2D eigenvalue weighted by atomic mass is 10.1. The Morgan fingerprint density at radius 2 is 1.94 bits per heavy atom. The molecule has 9 heteroatoms. The number of carbonyl (C=O) groups excluding carboxylic acids is 2. The topological polar surface area (TPSA) is 102 Å². The van der Waals surface area contributed by atoms with E-state index in [-0.39, 0.29) is 28.7 Å². The van der Waals surface area contributed by atoms with Crippen molar-refractivity contribution in [3.8, 4) is 5.75 Å². The van der Waals surface area contributed by atoms with Crippen molar-refractivity contribution < 1.29 is 27.5 Å². The minimum absolute atomic E-state index is 0.0280. The van der Waals surface area contributed by atoms with Gasteiger partial charge in [-0.1, -0.05) is 13.0 Å². The average Bonchev–Trinajstić information content (AvgIpc) is 2.70. The van der Waals surface area contributed by atoms with Crippen LogP contribution < -0.4 is 14.4 Å². The van der Waals surface area contributed by atoms with Crippen molar-refractivity contribution in [2.75, 3.05) is 22.8 Å². The van der Waals surface area contributed by atoms with Crippen molar-refractivity contribution in [2.24, 2.45) is 0 Å². The fourth-order valence-corrected chi connectivity index (χ4v) is 4.31. The number of hydrogen-bond donors (Lipinski definition) is 1. The molecule has 166 valence electrons. The molecule has 0 aromatic heterocycles. The van der Waals surface area contributed by atoms with Crippen LogP contribution in [0.1, 0.15) is 44.5 Å². The lowest BCUT2D eigenvalue weighted by Gasteiger charge is -2.39. The Bertz CT molecular complexity index is 1110. The van der Waals surface area contributed by atoms with Gasteiger partial charge in [0.05, 0.1) is 29.3 Å². The Labute approximate surface area is 182 Å². The molecule has 0 saturated heterocycles. The molecule has 0 bridgehead atoms. The molecule has 0 fully saturated rings. The summed E-state index contributed by atoms with van der Waals surface area (Å²) in [7, 11) is -3.98. The van der Waals surface area contributed by atoms with Crippen molar-refractivity contribution >= 4 is 33.3 Å². The fourth-order valence-electron chi connectivity index (χ4n) is 3.24. The molecule has 0 saturated carbocycles. The lowest BCUT2D eigenvalue weighted by molar-refractivity contribution is -0.117. The highest BCUT2D eigenvalue weighted by atomic mass is 32.2. The van der Waals surface area contributed by atoms with Crippen LogP contribution in [0.2, 0.25) is 0 Å². The maximum atomic E-state index is 13.0. The third-order valence-corrected chi connectivity index (χ3v) is 6.00. The highest BCUT2D eigenvalue weighted by Crippen LogP contribution is 2.38. The summed E-state index contributed by atoms with van der Waals surface area (Å²) >= 11 is 0. The smallest absolute Gasteiger partial charge is 0.338 e. The van der Waals surface area contributed by atoms with Gasteiger partial charge in [-0.25, -0.2) is 13.2 Å². The first-order chi connectivity index (χ1) is 14.5. The first-order valence-corrected chi connectivity index (χ1v) is 11.4. The predicted octanol–water partition coefficient (Wildman–Crippen LogP) is 3.58. The van der Waals surface area contributed by atoms with Gasteiger partial charge < -0.3 is 14.4 Å². The second-order valence-electron chi connectivity index (χ2n) is 7.92. The van der Waals surface area contributed by atoms with E-state index >= 15 is 0 Å². The molecule has 2 aromatic carbocycles. The summed E-state index contributed by atoms with van der Waals surface area (Å²) in [5, 5.41) is 0. The first-order valence-electron chi connectivity index (χ1n) is 9.93. The van der Waals surface area contributed by atoms with Crippen LogP contribution in [0.15, 0.2) is 47.4 Å². The maximum Gasteiger partial charge on any atom is 0.338 e. The van der Waals surface area contributed by atoms with E-state index in [1.807, 2.05) is 20.8 Å². The second-order valence-corrected chi connectivity index (χ2v) is 9.60. The number of anilines is 2. The molecule has 1 aliphatic rings. The summed E-state index contributed by atoms with van der Waals surface area (Å²) in [4.78, 5) is 25.7. The molecule has 1 heterocycles. The summed E-state index contributed by atoms with van der Waals surface area (Å²) in [6, 6.07) is 10.5. The second kappa shape index (κ2) is 8.58. The molecular weight excluding hydrogens is 420 g/mol. The van der Waals surface area contributed by atoms with Gasteiger partial charge >= 0.3 is 5.97 Å². The molecule has 2 aromatic rings. The standard InChI is InChI=1S/C22H26N2O6S/c1-5-11-29-21(26)16-7-6-8-17(12-16)23-31(27,28)18-9-10-20-19(13-18)24(15(2)25)14-22(3,4)30-20/h6-10,12-13,23H,5,11,14H2,1-4H3. The number of nitrogens with zero attached hydrogens (tertiary/aromatic N) is 1. The monoisotopic (exact) mass is 446 g/mol. The number of hydrogen-bond acceptors (Lipinski definition) is 6. The van der Waals surface area contributed by atoms with Crippen molar-refractivity contribution in [1.29, 1.82) is 0 Å². The zero-order valence-corrected chi connectivity index (χ0v) is 18.8. The van der Waals surface area contributed by atoms with Crippen LogP contribution in [-0.4, -0.2) is 39.0 Å². The minimum atomic E-state index is -3.98. The molecule has 0 spiro atoms. The fraction of sp³-hybridized carbons (Fsp3) is 0.364. The number of rotatable bonds is 6. The van der Waals surface area contributed by atoms with E-state index in [0.29, 0.717) is 24.4 Å². The molecule has 31 heavy (non-hydrogen) atoms.